The van der Waals surface area contributed by atoms with Crippen LogP contribution in [0.1, 0.15) is 117 Å². The first-order chi connectivity index (χ1) is 10.7. The summed E-state index contributed by atoms with van der Waals surface area (Å²) in [4.78, 5) is 11.8. The summed E-state index contributed by atoms with van der Waals surface area (Å²) in [5.74, 6) is 0.255. The lowest BCUT2D eigenvalue weighted by atomic mass is 10.1. The van der Waals surface area contributed by atoms with Gasteiger partial charge >= 0.3 is 0 Å². The summed E-state index contributed by atoms with van der Waals surface area (Å²) in [6, 6.07) is 0.350. The summed E-state index contributed by atoms with van der Waals surface area (Å²) in [7, 11) is 0. The Morgan fingerprint density at radius 2 is 1.18 bits per heavy atom. The first kappa shape index (κ1) is 21.5. The molecule has 2 heteroatoms. The van der Waals surface area contributed by atoms with Crippen molar-refractivity contribution in [3.63, 3.8) is 0 Å². The quantitative estimate of drug-likeness (QED) is 0.329. The molecule has 0 rings (SSSR count). The third kappa shape index (κ3) is 15.9. The molecular weight excluding hydrogens is 270 g/mol. The van der Waals surface area contributed by atoms with Gasteiger partial charge in [0.1, 0.15) is 0 Å². The molecule has 132 valence electrons. The smallest absolute Gasteiger partial charge is 0.220 e. The van der Waals surface area contributed by atoms with E-state index in [1.54, 1.807) is 0 Å². The van der Waals surface area contributed by atoms with Crippen molar-refractivity contribution in [2.45, 2.75) is 123 Å². The van der Waals surface area contributed by atoms with Crippen molar-refractivity contribution in [1.82, 2.24) is 5.32 Å². The van der Waals surface area contributed by atoms with Gasteiger partial charge in [0.15, 0.2) is 0 Å². The Labute approximate surface area is 139 Å². The van der Waals surface area contributed by atoms with E-state index in [1.807, 2.05) is 0 Å². The normalized spacial score (nSPS) is 12.3. The minimum absolute atomic E-state index is 0.255. The van der Waals surface area contributed by atoms with Gasteiger partial charge < -0.3 is 5.32 Å². The Morgan fingerprint density at radius 3 is 1.73 bits per heavy atom. The second-order valence-electron chi connectivity index (χ2n) is 6.90. The predicted octanol–water partition coefficient (Wildman–Crippen LogP) is 6.38. The van der Waals surface area contributed by atoms with Gasteiger partial charge in [-0.2, -0.15) is 0 Å². The average Bonchev–Trinajstić information content (AvgIpc) is 2.50. The molecule has 0 unspecified atom stereocenters. The van der Waals surface area contributed by atoms with Gasteiger partial charge in [-0.3, -0.25) is 4.79 Å². The number of hydrogen-bond donors (Lipinski definition) is 1. The molecular formula is C20H41NO. The van der Waals surface area contributed by atoms with E-state index in [4.69, 9.17) is 0 Å². The fraction of sp³-hybridized carbons (Fsp3) is 0.950. The van der Waals surface area contributed by atoms with Crippen molar-refractivity contribution in [3.8, 4) is 0 Å². The van der Waals surface area contributed by atoms with E-state index >= 15 is 0 Å². The number of hydrogen-bond acceptors (Lipinski definition) is 1. The van der Waals surface area contributed by atoms with Gasteiger partial charge in [0, 0.05) is 12.5 Å². The Kier molecular flexibility index (Phi) is 16.4. The maximum absolute atomic E-state index is 11.8. The van der Waals surface area contributed by atoms with Crippen LogP contribution in [0.25, 0.3) is 0 Å². The first-order valence-corrected chi connectivity index (χ1v) is 10.00. The number of rotatable bonds is 16. The van der Waals surface area contributed by atoms with E-state index in [-0.39, 0.29) is 5.91 Å². The maximum atomic E-state index is 11.8. The van der Waals surface area contributed by atoms with Crippen molar-refractivity contribution < 1.29 is 4.79 Å². The van der Waals surface area contributed by atoms with E-state index in [0.717, 1.165) is 19.3 Å². The van der Waals surface area contributed by atoms with Crippen LogP contribution >= 0.6 is 0 Å². The van der Waals surface area contributed by atoms with Crippen molar-refractivity contribution in [2.24, 2.45) is 0 Å². The second-order valence-corrected chi connectivity index (χ2v) is 6.90. The monoisotopic (exact) mass is 311 g/mol. The molecule has 0 spiro atoms. The van der Waals surface area contributed by atoms with Crippen molar-refractivity contribution in [3.05, 3.63) is 0 Å². The highest BCUT2D eigenvalue weighted by Gasteiger charge is 2.06. The molecule has 1 atom stereocenters. The molecule has 2 nitrogen and oxygen atoms in total. The summed E-state index contributed by atoms with van der Waals surface area (Å²) in [6.07, 6.45) is 18.8. The summed E-state index contributed by atoms with van der Waals surface area (Å²) in [5.41, 5.74) is 0. The fourth-order valence-corrected chi connectivity index (χ4v) is 2.89. The number of amides is 1. The zero-order valence-corrected chi connectivity index (χ0v) is 15.6. The van der Waals surface area contributed by atoms with Crippen LogP contribution in [-0.2, 0) is 4.79 Å². The highest BCUT2D eigenvalue weighted by atomic mass is 16.1. The Hall–Kier alpha value is -0.530. The largest absolute Gasteiger partial charge is 0.354 e. The van der Waals surface area contributed by atoms with E-state index in [1.165, 1.54) is 77.0 Å². The fourth-order valence-electron chi connectivity index (χ4n) is 2.89. The van der Waals surface area contributed by atoms with E-state index in [2.05, 4.69) is 26.1 Å². The summed E-state index contributed by atoms with van der Waals surface area (Å²) < 4.78 is 0. The van der Waals surface area contributed by atoms with E-state index in [9.17, 15) is 4.79 Å². The van der Waals surface area contributed by atoms with Crippen LogP contribution in [0, 0.1) is 0 Å². The van der Waals surface area contributed by atoms with Crippen LogP contribution in [-0.4, -0.2) is 11.9 Å². The van der Waals surface area contributed by atoms with Crippen LogP contribution < -0.4 is 5.32 Å². The second kappa shape index (κ2) is 16.8. The molecule has 0 fully saturated rings. The lowest BCUT2D eigenvalue weighted by Gasteiger charge is -2.13. The van der Waals surface area contributed by atoms with Crippen molar-refractivity contribution in [2.75, 3.05) is 0 Å². The zero-order chi connectivity index (χ0) is 16.5. The third-order valence-corrected chi connectivity index (χ3v) is 4.41. The lowest BCUT2D eigenvalue weighted by molar-refractivity contribution is -0.121. The molecule has 0 radical (unpaired) electrons. The molecule has 0 aliphatic rings. The van der Waals surface area contributed by atoms with Gasteiger partial charge in [0.2, 0.25) is 5.91 Å². The predicted molar refractivity (Wildman–Crippen MR) is 98.2 cm³/mol. The Morgan fingerprint density at radius 1 is 0.727 bits per heavy atom. The van der Waals surface area contributed by atoms with Crippen LogP contribution in [0.15, 0.2) is 0 Å². The van der Waals surface area contributed by atoms with Gasteiger partial charge in [0.05, 0.1) is 0 Å². The van der Waals surface area contributed by atoms with Gasteiger partial charge in [0.25, 0.3) is 0 Å². The molecule has 0 aromatic heterocycles. The highest BCUT2D eigenvalue weighted by molar-refractivity contribution is 5.76. The van der Waals surface area contributed by atoms with Crippen LogP contribution in [0.4, 0.5) is 0 Å². The topological polar surface area (TPSA) is 29.1 Å². The molecule has 0 saturated carbocycles. The minimum atomic E-state index is 0.255. The van der Waals surface area contributed by atoms with Gasteiger partial charge in [-0.15, -0.1) is 0 Å². The summed E-state index contributed by atoms with van der Waals surface area (Å²) >= 11 is 0. The molecule has 0 saturated heterocycles. The van der Waals surface area contributed by atoms with Crippen LogP contribution in [0.2, 0.25) is 0 Å². The Bertz CT molecular complexity index is 240. The van der Waals surface area contributed by atoms with Gasteiger partial charge in [-0.25, -0.2) is 0 Å². The van der Waals surface area contributed by atoms with E-state index < -0.39 is 0 Å². The number of carbonyl (C=O) groups is 1. The van der Waals surface area contributed by atoms with Crippen LogP contribution in [0.5, 0.6) is 0 Å². The number of carbonyl (C=O) groups excluding carboxylic acids is 1. The summed E-state index contributed by atoms with van der Waals surface area (Å²) in [6.45, 7) is 6.63. The number of nitrogens with one attached hydrogen (secondary N) is 1. The minimum Gasteiger partial charge on any atom is -0.354 e. The molecule has 0 heterocycles. The summed E-state index contributed by atoms with van der Waals surface area (Å²) in [5, 5.41) is 3.14. The zero-order valence-electron chi connectivity index (χ0n) is 15.6. The van der Waals surface area contributed by atoms with Gasteiger partial charge in [-0.05, 0) is 19.8 Å². The molecule has 0 aliphatic heterocycles. The van der Waals surface area contributed by atoms with Crippen molar-refractivity contribution >= 4 is 5.91 Å². The molecule has 0 bridgehead atoms. The molecule has 1 amide bonds. The SMILES string of the molecule is CCCCCCCCCCCC(=O)N[C@H](C)CCCCCC. The molecule has 0 aliphatic carbocycles. The maximum Gasteiger partial charge on any atom is 0.220 e. The first-order valence-electron chi connectivity index (χ1n) is 10.00. The standard InChI is InChI=1S/C20H41NO/c1-4-6-8-10-11-12-13-14-16-18-20(22)21-19(3)17-15-9-7-5-2/h19H,4-18H2,1-3H3,(H,21,22)/t19-/m1/s1. The Balaban J connectivity index is 3.31. The third-order valence-electron chi connectivity index (χ3n) is 4.41. The highest BCUT2D eigenvalue weighted by Crippen LogP contribution is 2.11. The molecule has 0 aromatic carbocycles. The molecule has 0 aromatic rings. The van der Waals surface area contributed by atoms with Gasteiger partial charge in [-0.1, -0.05) is 90.9 Å². The lowest BCUT2D eigenvalue weighted by Crippen LogP contribution is -2.32. The average molecular weight is 312 g/mol. The van der Waals surface area contributed by atoms with E-state index in [0.29, 0.717) is 6.04 Å². The van der Waals surface area contributed by atoms with Crippen LogP contribution in [0.3, 0.4) is 0 Å². The number of unbranched alkanes of at least 4 members (excludes halogenated alkanes) is 11. The molecule has 22 heavy (non-hydrogen) atoms. The van der Waals surface area contributed by atoms with Crippen molar-refractivity contribution in [1.29, 1.82) is 0 Å². The molecule has 1 N–H and O–H groups in total.